The first kappa shape index (κ1) is 12.3. The summed E-state index contributed by atoms with van der Waals surface area (Å²) in [4.78, 5) is 16.1. The fraction of sp³-hybridized carbons (Fsp3) is 0.500. The third kappa shape index (κ3) is 2.26. The lowest BCUT2D eigenvalue weighted by Gasteiger charge is -2.38. The van der Waals surface area contributed by atoms with Crippen LogP contribution in [0.25, 0.3) is 0 Å². The smallest absolute Gasteiger partial charge is 0.414 e. The van der Waals surface area contributed by atoms with Gasteiger partial charge < -0.3 is 15.4 Å². The van der Waals surface area contributed by atoms with Crippen molar-refractivity contribution < 1.29 is 9.53 Å². The highest BCUT2D eigenvalue weighted by atomic mass is 16.6. The molecule has 1 amide bonds. The summed E-state index contributed by atoms with van der Waals surface area (Å²) in [7, 11) is 2.06. The monoisotopic (exact) mass is 261 g/mol. The van der Waals surface area contributed by atoms with Gasteiger partial charge in [-0.1, -0.05) is 0 Å². The first-order valence-corrected chi connectivity index (χ1v) is 6.63. The van der Waals surface area contributed by atoms with Crippen molar-refractivity contribution >= 4 is 17.5 Å². The Morgan fingerprint density at radius 2 is 1.89 bits per heavy atom. The van der Waals surface area contributed by atoms with Crippen molar-refractivity contribution in [3.63, 3.8) is 0 Å². The summed E-state index contributed by atoms with van der Waals surface area (Å²) in [6, 6.07) is 7.32. The highest BCUT2D eigenvalue weighted by molar-refractivity contribution is 5.88. The number of ether oxygens (including phenoxy) is 1. The first-order chi connectivity index (χ1) is 9.08. The Morgan fingerprint density at radius 3 is 2.47 bits per heavy atom. The van der Waals surface area contributed by atoms with Crippen LogP contribution in [-0.4, -0.2) is 43.3 Å². The maximum atomic E-state index is 12.2. The molecule has 2 aliphatic rings. The van der Waals surface area contributed by atoms with Crippen LogP contribution in [-0.2, 0) is 4.74 Å². The van der Waals surface area contributed by atoms with Gasteiger partial charge in [0.2, 0.25) is 0 Å². The molecule has 19 heavy (non-hydrogen) atoms. The first-order valence-electron chi connectivity index (χ1n) is 6.63. The van der Waals surface area contributed by atoms with Gasteiger partial charge in [0.15, 0.2) is 0 Å². The van der Waals surface area contributed by atoms with Gasteiger partial charge in [0.1, 0.15) is 5.60 Å². The van der Waals surface area contributed by atoms with Crippen molar-refractivity contribution in [2.24, 2.45) is 0 Å². The molecule has 1 spiro atoms. The summed E-state index contributed by atoms with van der Waals surface area (Å²) in [6.45, 7) is 2.54. The number of benzene rings is 1. The molecule has 1 aromatic rings. The molecular weight excluding hydrogens is 242 g/mol. The van der Waals surface area contributed by atoms with E-state index in [1.807, 2.05) is 12.1 Å². The van der Waals surface area contributed by atoms with Crippen LogP contribution in [0.15, 0.2) is 24.3 Å². The van der Waals surface area contributed by atoms with E-state index in [4.69, 9.17) is 10.5 Å². The van der Waals surface area contributed by atoms with Crippen molar-refractivity contribution in [3.05, 3.63) is 24.3 Å². The van der Waals surface area contributed by atoms with Crippen LogP contribution in [0.3, 0.4) is 0 Å². The zero-order valence-electron chi connectivity index (χ0n) is 11.1. The number of nitrogen functional groups attached to an aromatic ring is 1. The summed E-state index contributed by atoms with van der Waals surface area (Å²) in [6.07, 6.45) is 1.57. The highest BCUT2D eigenvalue weighted by Gasteiger charge is 2.45. The molecular formula is C14H19N3O2. The van der Waals surface area contributed by atoms with Gasteiger partial charge in [-0.3, -0.25) is 4.90 Å². The number of rotatable bonds is 1. The average Bonchev–Trinajstić information content (AvgIpc) is 2.72. The number of likely N-dealkylation sites (N-methyl/N-ethyl adjacent to an activating group) is 1. The second-order valence-corrected chi connectivity index (χ2v) is 5.53. The molecule has 1 unspecified atom stereocenters. The molecule has 0 aliphatic carbocycles. The van der Waals surface area contributed by atoms with Crippen LogP contribution in [0.4, 0.5) is 16.2 Å². The molecule has 1 atom stereocenters. The number of carbonyl (C=O) groups is 1. The Morgan fingerprint density at radius 1 is 1.21 bits per heavy atom. The van der Waals surface area contributed by atoms with E-state index in [1.165, 1.54) is 0 Å². The largest absolute Gasteiger partial charge is 0.441 e. The third-order valence-corrected chi connectivity index (χ3v) is 4.03. The maximum absolute atomic E-state index is 12.2. The summed E-state index contributed by atoms with van der Waals surface area (Å²) >= 11 is 0. The maximum Gasteiger partial charge on any atom is 0.414 e. The summed E-state index contributed by atoms with van der Waals surface area (Å²) in [5, 5.41) is 0. The molecule has 2 saturated heterocycles. The molecule has 0 aromatic heterocycles. The molecule has 1 aromatic carbocycles. The summed E-state index contributed by atoms with van der Waals surface area (Å²) < 4.78 is 5.72. The quantitative estimate of drug-likeness (QED) is 0.782. The van der Waals surface area contributed by atoms with Crippen molar-refractivity contribution in [1.29, 1.82) is 0 Å². The number of amides is 1. The predicted molar refractivity (Wildman–Crippen MR) is 74.1 cm³/mol. The second-order valence-electron chi connectivity index (χ2n) is 5.53. The number of anilines is 2. The van der Waals surface area contributed by atoms with Crippen LogP contribution < -0.4 is 10.6 Å². The number of hydrogen-bond acceptors (Lipinski definition) is 4. The molecule has 3 rings (SSSR count). The molecule has 5 nitrogen and oxygen atoms in total. The zero-order valence-corrected chi connectivity index (χ0v) is 11.1. The van der Waals surface area contributed by atoms with E-state index in [2.05, 4.69) is 11.9 Å². The molecule has 2 aliphatic heterocycles. The Bertz CT molecular complexity index is 488. The van der Waals surface area contributed by atoms with E-state index in [1.54, 1.807) is 17.0 Å². The summed E-state index contributed by atoms with van der Waals surface area (Å²) in [5.74, 6) is 0. The van der Waals surface area contributed by atoms with E-state index in [0.29, 0.717) is 12.2 Å². The van der Waals surface area contributed by atoms with Crippen LogP contribution in [0.5, 0.6) is 0 Å². The van der Waals surface area contributed by atoms with Gasteiger partial charge >= 0.3 is 6.09 Å². The van der Waals surface area contributed by atoms with E-state index in [-0.39, 0.29) is 11.7 Å². The second kappa shape index (κ2) is 4.42. The minimum atomic E-state index is -0.268. The van der Waals surface area contributed by atoms with Crippen molar-refractivity contribution in [2.75, 3.05) is 37.3 Å². The topological polar surface area (TPSA) is 58.8 Å². The lowest BCUT2D eigenvalue weighted by molar-refractivity contribution is 0.00434. The number of likely N-dealkylation sites (tertiary alicyclic amines) is 1. The Kier molecular flexibility index (Phi) is 2.86. The number of nitrogens with two attached hydrogens (primary N) is 1. The zero-order chi connectivity index (χ0) is 13.5. The Hall–Kier alpha value is -1.75. The normalized spacial score (nSPS) is 27.8. The standard InChI is InChI=1S/C14H19N3O2/c1-16-8-6-14(10-16)7-9-17(13(18)19-14)12-4-2-11(15)3-5-12/h2-5H,6-10,15H2,1H3. The van der Waals surface area contributed by atoms with Crippen LogP contribution in [0, 0.1) is 0 Å². The van der Waals surface area contributed by atoms with Crippen molar-refractivity contribution in [1.82, 2.24) is 4.90 Å². The van der Waals surface area contributed by atoms with E-state index < -0.39 is 0 Å². The number of hydrogen-bond donors (Lipinski definition) is 1. The van der Waals surface area contributed by atoms with E-state index in [0.717, 1.165) is 31.6 Å². The predicted octanol–water partition coefficient (Wildman–Crippen LogP) is 1.69. The third-order valence-electron chi connectivity index (χ3n) is 4.03. The number of nitrogens with zero attached hydrogens (tertiary/aromatic N) is 2. The Balaban J connectivity index is 1.74. The van der Waals surface area contributed by atoms with Gasteiger partial charge in [-0.05, 0) is 31.3 Å². The lowest BCUT2D eigenvalue weighted by Crippen LogP contribution is -2.50. The minimum absolute atomic E-state index is 0.244. The van der Waals surface area contributed by atoms with Gasteiger partial charge in [0, 0.05) is 43.9 Å². The highest BCUT2D eigenvalue weighted by Crippen LogP contribution is 2.34. The molecule has 0 bridgehead atoms. The molecule has 2 N–H and O–H groups in total. The molecule has 102 valence electrons. The number of carbonyl (C=O) groups excluding carboxylic acids is 1. The summed E-state index contributed by atoms with van der Waals surface area (Å²) in [5.41, 5.74) is 6.94. The fourth-order valence-electron chi connectivity index (χ4n) is 2.92. The van der Waals surface area contributed by atoms with Crippen molar-refractivity contribution in [3.8, 4) is 0 Å². The van der Waals surface area contributed by atoms with Gasteiger partial charge in [-0.25, -0.2) is 4.79 Å². The van der Waals surface area contributed by atoms with Crippen LogP contribution in [0.2, 0.25) is 0 Å². The molecule has 2 heterocycles. The van der Waals surface area contributed by atoms with Crippen molar-refractivity contribution in [2.45, 2.75) is 18.4 Å². The van der Waals surface area contributed by atoms with Crippen LogP contribution in [0.1, 0.15) is 12.8 Å². The molecule has 2 fully saturated rings. The van der Waals surface area contributed by atoms with E-state index in [9.17, 15) is 4.79 Å². The Labute approximate surface area is 112 Å². The van der Waals surface area contributed by atoms with Gasteiger partial charge in [0.05, 0.1) is 0 Å². The van der Waals surface area contributed by atoms with E-state index >= 15 is 0 Å². The molecule has 0 radical (unpaired) electrons. The van der Waals surface area contributed by atoms with Gasteiger partial charge in [-0.15, -0.1) is 0 Å². The van der Waals surface area contributed by atoms with Gasteiger partial charge in [-0.2, -0.15) is 0 Å². The fourth-order valence-corrected chi connectivity index (χ4v) is 2.92. The lowest BCUT2D eigenvalue weighted by atomic mass is 9.96. The SMILES string of the molecule is CN1CCC2(CCN(c3ccc(N)cc3)C(=O)O2)C1. The van der Waals surface area contributed by atoms with Gasteiger partial charge in [0.25, 0.3) is 0 Å². The molecule has 0 saturated carbocycles. The average molecular weight is 261 g/mol. The molecule has 5 heteroatoms. The van der Waals surface area contributed by atoms with Crippen LogP contribution >= 0.6 is 0 Å². The minimum Gasteiger partial charge on any atom is -0.441 e.